The lowest BCUT2D eigenvalue weighted by atomic mass is 9.85. The monoisotopic (exact) mass is 374 g/mol. The van der Waals surface area contributed by atoms with E-state index >= 15 is 0 Å². The van der Waals surface area contributed by atoms with Crippen LogP contribution in [0.1, 0.15) is 39.9 Å². The lowest BCUT2D eigenvalue weighted by Gasteiger charge is -2.36. The molecule has 3 aromatic rings. The van der Waals surface area contributed by atoms with E-state index in [1.165, 1.54) is 16.7 Å². The highest BCUT2D eigenvalue weighted by Crippen LogP contribution is 2.48. The number of H-pyrrole nitrogens is 1. The molecule has 3 heterocycles. The van der Waals surface area contributed by atoms with Gasteiger partial charge in [0, 0.05) is 48.0 Å². The van der Waals surface area contributed by atoms with E-state index in [1.807, 2.05) is 24.3 Å². The Morgan fingerprint density at radius 1 is 1.21 bits per heavy atom. The second-order valence-corrected chi connectivity index (χ2v) is 8.76. The van der Waals surface area contributed by atoms with Gasteiger partial charge in [-0.3, -0.25) is 4.79 Å². The van der Waals surface area contributed by atoms with Crippen LogP contribution in [0.3, 0.4) is 0 Å². The standard InChI is InChI=1S/C23H26N4O/c1-14-11-24-21-18(14)9-16(12-25-21)15-7-17(13-26(2)3)20-10-23(5-6-23)27(4)22(28)19(20)8-15/h7-9,11-12H,5-6,10,13H2,1-4H3,(H,24,25). The van der Waals surface area contributed by atoms with Gasteiger partial charge in [-0.2, -0.15) is 0 Å². The van der Waals surface area contributed by atoms with Gasteiger partial charge in [-0.1, -0.05) is 0 Å². The highest BCUT2D eigenvalue weighted by molar-refractivity contribution is 5.99. The summed E-state index contributed by atoms with van der Waals surface area (Å²) in [5, 5.41) is 1.13. The third-order valence-electron chi connectivity index (χ3n) is 6.48. The zero-order valence-electron chi connectivity index (χ0n) is 17.0. The Kier molecular flexibility index (Phi) is 3.68. The van der Waals surface area contributed by atoms with Crippen LogP contribution in [0.2, 0.25) is 0 Å². The molecule has 2 aromatic heterocycles. The zero-order valence-corrected chi connectivity index (χ0v) is 17.0. The van der Waals surface area contributed by atoms with Crippen molar-refractivity contribution >= 4 is 16.9 Å². The largest absolute Gasteiger partial charge is 0.346 e. The SMILES string of the molecule is Cc1c[nH]c2ncc(-c3cc(CN(C)C)c4c(c3)C(=O)N(C)C3(CC3)C4)cc12. The van der Waals surface area contributed by atoms with Gasteiger partial charge >= 0.3 is 0 Å². The van der Waals surface area contributed by atoms with Crippen molar-refractivity contribution in [2.75, 3.05) is 21.1 Å². The van der Waals surface area contributed by atoms with E-state index in [0.29, 0.717) is 0 Å². The number of rotatable bonds is 3. The summed E-state index contributed by atoms with van der Waals surface area (Å²) in [4.78, 5) is 25.2. The molecule has 5 heteroatoms. The molecule has 28 heavy (non-hydrogen) atoms. The molecule has 1 spiro atoms. The molecule has 5 nitrogen and oxygen atoms in total. The van der Waals surface area contributed by atoms with Gasteiger partial charge in [0.05, 0.1) is 0 Å². The van der Waals surface area contributed by atoms with Crippen LogP contribution in [0.15, 0.2) is 30.6 Å². The van der Waals surface area contributed by atoms with Crippen LogP contribution >= 0.6 is 0 Å². The van der Waals surface area contributed by atoms with Crippen LogP contribution in [0.4, 0.5) is 0 Å². The summed E-state index contributed by atoms with van der Waals surface area (Å²) in [6, 6.07) is 6.51. The Morgan fingerprint density at radius 3 is 2.71 bits per heavy atom. The molecule has 1 aromatic carbocycles. The van der Waals surface area contributed by atoms with E-state index in [-0.39, 0.29) is 11.4 Å². The number of fused-ring (bicyclic) bond motifs is 2. The fourth-order valence-electron chi connectivity index (χ4n) is 4.57. The summed E-state index contributed by atoms with van der Waals surface area (Å²) < 4.78 is 0. The maximum atomic E-state index is 13.2. The van der Waals surface area contributed by atoms with Gasteiger partial charge in [-0.05, 0) is 80.7 Å². The molecule has 5 rings (SSSR count). The number of carbonyl (C=O) groups is 1. The van der Waals surface area contributed by atoms with Crippen LogP contribution in [0.25, 0.3) is 22.2 Å². The smallest absolute Gasteiger partial charge is 0.254 e. The number of aryl methyl sites for hydroxylation is 1. The Bertz CT molecular complexity index is 1110. The van der Waals surface area contributed by atoms with Crippen molar-refractivity contribution in [2.45, 2.75) is 38.3 Å². The van der Waals surface area contributed by atoms with E-state index in [9.17, 15) is 4.79 Å². The highest BCUT2D eigenvalue weighted by atomic mass is 16.2. The summed E-state index contributed by atoms with van der Waals surface area (Å²) in [6.45, 7) is 2.92. The minimum absolute atomic E-state index is 0.0648. The fourth-order valence-corrected chi connectivity index (χ4v) is 4.57. The number of amides is 1. The molecule has 1 aliphatic carbocycles. The number of carbonyl (C=O) groups excluding carboxylic acids is 1. The Balaban J connectivity index is 1.68. The average molecular weight is 374 g/mol. The van der Waals surface area contributed by atoms with Crippen LogP contribution < -0.4 is 0 Å². The maximum Gasteiger partial charge on any atom is 0.254 e. The number of aromatic nitrogens is 2. The molecule has 0 atom stereocenters. The van der Waals surface area contributed by atoms with Gasteiger partial charge in [-0.15, -0.1) is 0 Å². The number of nitrogens with one attached hydrogen (secondary N) is 1. The molecule has 1 fully saturated rings. The minimum Gasteiger partial charge on any atom is -0.346 e. The molecule has 0 unspecified atom stereocenters. The number of likely N-dealkylation sites (N-methyl/N-ethyl adjacent to an activating group) is 1. The van der Waals surface area contributed by atoms with Gasteiger partial charge in [-0.25, -0.2) is 4.98 Å². The van der Waals surface area contributed by atoms with Crippen LogP contribution in [-0.2, 0) is 13.0 Å². The molecule has 1 N–H and O–H groups in total. The first-order valence-electron chi connectivity index (χ1n) is 9.91. The number of pyridine rings is 1. The minimum atomic E-state index is 0.0648. The van der Waals surface area contributed by atoms with Gasteiger partial charge in [0.25, 0.3) is 5.91 Å². The number of aromatic amines is 1. The van der Waals surface area contributed by atoms with E-state index in [0.717, 1.165) is 53.5 Å². The van der Waals surface area contributed by atoms with Crippen LogP contribution in [-0.4, -0.2) is 52.4 Å². The Labute approximate surface area is 165 Å². The van der Waals surface area contributed by atoms with Crippen molar-refractivity contribution in [3.63, 3.8) is 0 Å². The fraction of sp³-hybridized carbons (Fsp3) is 0.391. The van der Waals surface area contributed by atoms with E-state index in [4.69, 9.17) is 0 Å². The molecule has 1 aliphatic heterocycles. The van der Waals surface area contributed by atoms with Crippen molar-refractivity contribution in [2.24, 2.45) is 0 Å². The molecule has 0 radical (unpaired) electrons. The molecule has 144 valence electrons. The van der Waals surface area contributed by atoms with Gasteiger partial charge in [0.2, 0.25) is 0 Å². The van der Waals surface area contributed by atoms with Gasteiger partial charge in [0.15, 0.2) is 0 Å². The summed E-state index contributed by atoms with van der Waals surface area (Å²) in [5.74, 6) is 0.160. The first kappa shape index (κ1) is 17.4. The first-order valence-corrected chi connectivity index (χ1v) is 9.91. The lowest BCUT2D eigenvalue weighted by Crippen LogP contribution is -2.45. The quantitative estimate of drug-likeness (QED) is 0.759. The van der Waals surface area contributed by atoms with Crippen molar-refractivity contribution in [1.29, 1.82) is 0 Å². The summed E-state index contributed by atoms with van der Waals surface area (Å²) in [5.41, 5.74) is 7.64. The number of hydrogen-bond donors (Lipinski definition) is 1. The third kappa shape index (κ3) is 2.57. The van der Waals surface area contributed by atoms with Crippen molar-refractivity contribution < 1.29 is 4.79 Å². The van der Waals surface area contributed by atoms with Crippen molar-refractivity contribution in [3.05, 3.63) is 52.8 Å². The van der Waals surface area contributed by atoms with Crippen molar-refractivity contribution in [1.82, 2.24) is 19.8 Å². The summed E-state index contributed by atoms with van der Waals surface area (Å²) in [7, 11) is 6.13. The van der Waals surface area contributed by atoms with Crippen LogP contribution in [0.5, 0.6) is 0 Å². The number of nitrogens with zero attached hydrogens (tertiary/aromatic N) is 3. The summed E-state index contributed by atoms with van der Waals surface area (Å²) in [6.07, 6.45) is 7.09. The van der Waals surface area contributed by atoms with E-state index < -0.39 is 0 Å². The van der Waals surface area contributed by atoms with Gasteiger partial charge in [0.1, 0.15) is 5.65 Å². The van der Waals surface area contributed by atoms with E-state index in [2.05, 4.69) is 54.1 Å². The summed E-state index contributed by atoms with van der Waals surface area (Å²) >= 11 is 0. The predicted molar refractivity (Wildman–Crippen MR) is 111 cm³/mol. The molecule has 0 bridgehead atoms. The predicted octanol–water partition coefficient (Wildman–Crippen LogP) is 3.76. The third-order valence-corrected chi connectivity index (χ3v) is 6.48. The zero-order chi connectivity index (χ0) is 19.6. The number of hydrogen-bond acceptors (Lipinski definition) is 3. The molecule has 1 saturated carbocycles. The first-order chi connectivity index (χ1) is 13.4. The Hall–Kier alpha value is -2.66. The molecule has 2 aliphatic rings. The second-order valence-electron chi connectivity index (χ2n) is 8.76. The topological polar surface area (TPSA) is 52.2 Å². The second kappa shape index (κ2) is 5.92. The molecular formula is C23H26N4O. The van der Waals surface area contributed by atoms with Crippen LogP contribution in [0, 0.1) is 6.92 Å². The highest BCUT2D eigenvalue weighted by Gasteiger charge is 2.52. The molecule has 1 amide bonds. The molecular weight excluding hydrogens is 348 g/mol. The lowest BCUT2D eigenvalue weighted by molar-refractivity contribution is 0.0680. The van der Waals surface area contributed by atoms with Gasteiger partial charge < -0.3 is 14.8 Å². The maximum absolute atomic E-state index is 13.2. The Morgan fingerprint density at radius 2 is 2.00 bits per heavy atom. The average Bonchev–Trinajstić information content (AvgIpc) is 3.35. The normalized spacial score (nSPS) is 17.6. The van der Waals surface area contributed by atoms with Crippen molar-refractivity contribution in [3.8, 4) is 11.1 Å². The van der Waals surface area contributed by atoms with E-state index in [1.54, 1.807) is 0 Å². The number of benzene rings is 1. The molecule has 0 saturated heterocycles.